The molecule has 3 rings (SSSR count). The minimum Gasteiger partial charge on any atom is -0.454 e. The number of nitrogens with one attached hydrogen (secondary N) is 2. The van der Waals surface area contributed by atoms with Crippen LogP contribution >= 0.6 is 24.0 Å². The van der Waals surface area contributed by atoms with Crippen LogP contribution in [-0.4, -0.2) is 23.9 Å². The van der Waals surface area contributed by atoms with Crippen molar-refractivity contribution in [1.82, 2.24) is 15.6 Å². The largest absolute Gasteiger partial charge is 0.454 e. The monoisotopic (exact) mass is 495 g/mol. The van der Waals surface area contributed by atoms with Gasteiger partial charge in [-0.3, -0.25) is 9.79 Å². The fraction of sp³-hybridized carbons (Fsp3) is 0.211. The second-order valence-corrected chi connectivity index (χ2v) is 5.92. The van der Waals surface area contributed by atoms with Gasteiger partial charge < -0.3 is 25.2 Å². The van der Waals surface area contributed by atoms with Crippen molar-refractivity contribution in [3.63, 3.8) is 0 Å². The predicted molar refractivity (Wildman–Crippen MR) is 116 cm³/mol. The van der Waals surface area contributed by atoms with E-state index in [1.54, 1.807) is 19.4 Å². The standard InChI is InChI=1S/C19H21N5O3.HI/c1-12-3-5-13(6-4-12)18-24-14(11-26-18)9-22-19(21-2)23-10-15-7-8-16(27-15)17(20)25;/h3-8,11H,9-10H2,1-2H3,(H2,20,25)(H2,21,22,23);1H. The molecule has 9 heteroatoms. The van der Waals surface area contributed by atoms with Gasteiger partial charge in [-0.1, -0.05) is 17.7 Å². The minimum atomic E-state index is -0.598. The summed E-state index contributed by atoms with van der Waals surface area (Å²) in [5, 5.41) is 6.23. The molecule has 4 N–H and O–H groups in total. The third-order valence-electron chi connectivity index (χ3n) is 3.85. The van der Waals surface area contributed by atoms with E-state index in [0.717, 1.165) is 11.3 Å². The van der Waals surface area contributed by atoms with Crippen LogP contribution < -0.4 is 16.4 Å². The lowest BCUT2D eigenvalue weighted by Crippen LogP contribution is -2.36. The normalized spacial score (nSPS) is 11.0. The number of primary amides is 1. The number of nitrogens with two attached hydrogens (primary N) is 1. The van der Waals surface area contributed by atoms with Crippen LogP contribution in [0.15, 0.2) is 56.5 Å². The second-order valence-electron chi connectivity index (χ2n) is 5.92. The molecule has 3 aromatic rings. The average molecular weight is 495 g/mol. The van der Waals surface area contributed by atoms with E-state index in [4.69, 9.17) is 14.6 Å². The number of carbonyl (C=O) groups is 1. The van der Waals surface area contributed by atoms with Crippen LogP contribution in [-0.2, 0) is 13.1 Å². The quantitative estimate of drug-likeness (QED) is 0.275. The molecule has 2 heterocycles. The molecule has 0 unspecified atom stereocenters. The van der Waals surface area contributed by atoms with Gasteiger partial charge in [-0.15, -0.1) is 24.0 Å². The lowest BCUT2D eigenvalue weighted by Gasteiger charge is -2.09. The predicted octanol–water partition coefficient (Wildman–Crippen LogP) is 2.83. The van der Waals surface area contributed by atoms with Crippen LogP contribution in [0, 0.1) is 6.92 Å². The van der Waals surface area contributed by atoms with E-state index in [9.17, 15) is 4.79 Å². The Balaban J connectivity index is 0.00000280. The summed E-state index contributed by atoms with van der Waals surface area (Å²) >= 11 is 0. The Bertz CT molecular complexity index is 947. The molecule has 0 aliphatic carbocycles. The molecule has 2 aromatic heterocycles. The average Bonchev–Trinajstić information content (AvgIpc) is 3.32. The highest BCUT2D eigenvalue weighted by Gasteiger charge is 2.09. The number of aliphatic imine (C=N–C) groups is 1. The Morgan fingerprint density at radius 2 is 1.86 bits per heavy atom. The smallest absolute Gasteiger partial charge is 0.284 e. The van der Waals surface area contributed by atoms with E-state index in [-0.39, 0.29) is 29.7 Å². The maximum atomic E-state index is 11.0. The van der Waals surface area contributed by atoms with Gasteiger partial charge in [0.15, 0.2) is 11.7 Å². The van der Waals surface area contributed by atoms with Crippen molar-refractivity contribution in [3.8, 4) is 11.5 Å². The summed E-state index contributed by atoms with van der Waals surface area (Å²) < 4.78 is 10.9. The molecule has 0 spiro atoms. The molecule has 1 aromatic carbocycles. The molecule has 1 amide bonds. The topological polar surface area (TPSA) is 119 Å². The van der Waals surface area contributed by atoms with Crippen LogP contribution in [0.25, 0.3) is 11.5 Å². The number of hydrogen-bond donors (Lipinski definition) is 3. The number of carbonyl (C=O) groups excluding carboxylic acids is 1. The maximum Gasteiger partial charge on any atom is 0.284 e. The van der Waals surface area contributed by atoms with Crippen molar-refractivity contribution < 1.29 is 13.6 Å². The van der Waals surface area contributed by atoms with E-state index >= 15 is 0 Å². The number of furan rings is 1. The number of aromatic nitrogens is 1. The number of oxazole rings is 1. The molecular formula is C19H22IN5O3. The number of aryl methyl sites for hydroxylation is 1. The number of rotatable bonds is 6. The molecule has 0 bridgehead atoms. The molecule has 0 aliphatic rings. The molecule has 28 heavy (non-hydrogen) atoms. The zero-order valence-electron chi connectivity index (χ0n) is 15.6. The zero-order valence-corrected chi connectivity index (χ0v) is 17.9. The van der Waals surface area contributed by atoms with Crippen molar-refractivity contribution >= 4 is 35.8 Å². The second kappa shape index (κ2) is 9.93. The molecular weight excluding hydrogens is 473 g/mol. The lowest BCUT2D eigenvalue weighted by molar-refractivity contribution is 0.0972. The van der Waals surface area contributed by atoms with Crippen LogP contribution in [0.1, 0.15) is 27.6 Å². The highest BCUT2D eigenvalue weighted by molar-refractivity contribution is 14.0. The van der Waals surface area contributed by atoms with Crippen molar-refractivity contribution in [2.75, 3.05) is 7.05 Å². The number of guanidine groups is 1. The van der Waals surface area contributed by atoms with Crippen molar-refractivity contribution in [2.24, 2.45) is 10.7 Å². The van der Waals surface area contributed by atoms with E-state index < -0.39 is 5.91 Å². The van der Waals surface area contributed by atoms with Crippen molar-refractivity contribution in [3.05, 3.63) is 65.4 Å². The third-order valence-corrected chi connectivity index (χ3v) is 3.85. The molecule has 148 valence electrons. The molecule has 0 saturated heterocycles. The SMILES string of the molecule is CN=C(NCc1coc(-c2ccc(C)cc2)n1)NCc1ccc(C(N)=O)o1.I. The van der Waals surface area contributed by atoms with Gasteiger partial charge in [-0.2, -0.15) is 0 Å². The highest BCUT2D eigenvalue weighted by atomic mass is 127. The summed E-state index contributed by atoms with van der Waals surface area (Å²) in [6.45, 7) is 2.84. The van der Waals surface area contributed by atoms with Gasteiger partial charge in [0.2, 0.25) is 5.89 Å². The number of hydrogen-bond acceptors (Lipinski definition) is 5. The molecule has 0 saturated carbocycles. The van der Waals surface area contributed by atoms with E-state index in [1.807, 2.05) is 31.2 Å². The van der Waals surface area contributed by atoms with Gasteiger partial charge in [0, 0.05) is 12.6 Å². The number of halogens is 1. The van der Waals surface area contributed by atoms with Gasteiger partial charge in [-0.25, -0.2) is 4.98 Å². The molecule has 0 fully saturated rings. The van der Waals surface area contributed by atoms with E-state index in [1.165, 1.54) is 11.6 Å². The minimum absolute atomic E-state index is 0. The highest BCUT2D eigenvalue weighted by Crippen LogP contribution is 2.19. The number of nitrogens with zero attached hydrogens (tertiary/aromatic N) is 2. The maximum absolute atomic E-state index is 11.0. The van der Waals surface area contributed by atoms with Gasteiger partial charge in [-0.05, 0) is 31.2 Å². The summed E-state index contributed by atoms with van der Waals surface area (Å²) in [6, 6.07) is 11.2. The summed E-state index contributed by atoms with van der Waals surface area (Å²) in [6.07, 6.45) is 1.61. The first-order valence-corrected chi connectivity index (χ1v) is 8.39. The molecule has 0 aliphatic heterocycles. The first-order chi connectivity index (χ1) is 13.0. The summed E-state index contributed by atoms with van der Waals surface area (Å²) in [7, 11) is 1.66. The Hall–Kier alpha value is -2.82. The van der Waals surface area contributed by atoms with Gasteiger partial charge in [0.25, 0.3) is 5.91 Å². The third kappa shape index (κ3) is 5.59. The number of benzene rings is 1. The van der Waals surface area contributed by atoms with Crippen LogP contribution in [0.3, 0.4) is 0 Å². The molecule has 8 nitrogen and oxygen atoms in total. The molecule has 0 atom stereocenters. The lowest BCUT2D eigenvalue weighted by atomic mass is 10.1. The van der Waals surface area contributed by atoms with Crippen molar-refractivity contribution in [2.45, 2.75) is 20.0 Å². The Labute approximate surface area is 179 Å². The van der Waals surface area contributed by atoms with Crippen molar-refractivity contribution in [1.29, 1.82) is 0 Å². The van der Waals surface area contributed by atoms with Gasteiger partial charge in [0.05, 0.1) is 18.8 Å². The van der Waals surface area contributed by atoms with Gasteiger partial charge >= 0.3 is 0 Å². The summed E-state index contributed by atoms with van der Waals surface area (Å²) in [4.78, 5) is 19.7. The van der Waals surface area contributed by atoms with Crippen LogP contribution in [0.2, 0.25) is 0 Å². The molecule has 0 radical (unpaired) electrons. The fourth-order valence-corrected chi connectivity index (χ4v) is 2.39. The van der Waals surface area contributed by atoms with Gasteiger partial charge in [0.1, 0.15) is 12.0 Å². The number of amides is 1. The van der Waals surface area contributed by atoms with Crippen LogP contribution in [0.5, 0.6) is 0 Å². The summed E-state index contributed by atoms with van der Waals surface area (Å²) in [5.74, 6) is 1.24. The Kier molecular flexibility index (Phi) is 7.61. The first kappa shape index (κ1) is 21.5. The van der Waals surface area contributed by atoms with Crippen LogP contribution in [0.4, 0.5) is 0 Å². The summed E-state index contributed by atoms with van der Waals surface area (Å²) in [5.41, 5.74) is 8.03. The fourth-order valence-electron chi connectivity index (χ4n) is 2.39. The Morgan fingerprint density at radius 3 is 2.50 bits per heavy atom. The zero-order chi connectivity index (χ0) is 19.2. The Morgan fingerprint density at radius 1 is 1.14 bits per heavy atom. The first-order valence-electron chi connectivity index (χ1n) is 8.39. The van der Waals surface area contributed by atoms with E-state index in [2.05, 4.69) is 20.6 Å². The van der Waals surface area contributed by atoms with E-state index in [0.29, 0.717) is 30.7 Å².